The summed E-state index contributed by atoms with van der Waals surface area (Å²) in [5.41, 5.74) is 6.24. The van der Waals surface area contributed by atoms with Crippen molar-refractivity contribution in [1.29, 1.82) is 0 Å². The van der Waals surface area contributed by atoms with Gasteiger partial charge in [-0.25, -0.2) is 0 Å². The Morgan fingerprint density at radius 1 is 1.44 bits per heavy atom. The van der Waals surface area contributed by atoms with E-state index in [4.69, 9.17) is 5.73 Å². The van der Waals surface area contributed by atoms with E-state index in [2.05, 4.69) is 6.92 Å². The molecule has 1 heteroatoms. The molecule has 9 heavy (non-hydrogen) atoms. The number of hydrogen-bond donors (Lipinski definition) is 1. The molecule has 2 aliphatic carbocycles. The van der Waals surface area contributed by atoms with Crippen molar-refractivity contribution < 1.29 is 0 Å². The highest BCUT2D eigenvalue weighted by atomic mass is 14.7. The summed E-state index contributed by atoms with van der Waals surface area (Å²) < 4.78 is 0. The monoisotopic (exact) mass is 125 g/mol. The Labute approximate surface area is 56.6 Å². The Hall–Kier alpha value is -0.0400. The second-order valence-corrected chi connectivity index (χ2v) is 3.85. The minimum atomic E-state index is 0.582. The number of hydrogen-bond acceptors (Lipinski definition) is 1. The van der Waals surface area contributed by atoms with Gasteiger partial charge in [0.05, 0.1) is 0 Å². The van der Waals surface area contributed by atoms with Crippen LogP contribution in [0.5, 0.6) is 0 Å². The van der Waals surface area contributed by atoms with Crippen molar-refractivity contribution in [3.8, 4) is 0 Å². The summed E-state index contributed by atoms with van der Waals surface area (Å²) in [5.74, 6) is 2.03. The molecule has 2 N–H and O–H groups in total. The summed E-state index contributed by atoms with van der Waals surface area (Å²) in [6.45, 7) is 3.27. The van der Waals surface area contributed by atoms with E-state index in [0.717, 1.165) is 18.4 Å². The lowest BCUT2D eigenvalue weighted by Crippen LogP contribution is -2.16. The maximum Gasteiger partial charge on any atom is -0.00177 e. The Kier molecular flexibility index (Phi) is 0.963. The lowest BCUT2D eigenvalue weighted by molar-refractivity contribution is 0.433. The van der Waals surface area contributed by atoms with Gasteiger partial charge >= 0.3 is 0 Å². The fourth-order valence-corrected chi connectivity index (χ4v) is 2.69. The van der Waals surface area contributed by atoms with E-state index in [-0.39, 0.29) is 0 Å². The molecule has 0 aliphatic heterocycles. The molecule has 2 aliphatic rings. The zero-order chi connectivity index (χ0) is 6.48. The fourth-order valence-electron chi connectivity index (χ4n) is 2.69. The van der Waals surface area contributed by atoms with Crippen molar-refractivity contribution in [3.63, 3.8) is 0 Å². The van der Waals surface area contributed by atoms with E-state index < -0.39 is 0 Å². The zero-order valence-corrected chi connectivity index (χ0v) is 6.06. The normalized spacial score (nSPS) is 55.3. The minimum absolute atomic E-state index is 0.582. The first-order valence-corrected chi connectivity index (χ1v) is 3.99. The van der Waals surface area contributed by atoms with Crippen molar-refractivity contribution >= 4 is 0 Å². The molecular formula is C8H15N. The molecule has 0 aromatic heterocycles. The molecule has 0 spiro atoms. The Balaban J connectivity index is 2.07. The quantitative estimate of drug-likeness (QED) is 0.563. The van der Waals surface area contributed by atoms with Crippen LogP contribution in [0, 0.1) is 17.3 Å². The first-order valence-electron chi connectivity index (χ1n) is 3.99. The molecule has 52 valence electrons. The molecule has 0 aromatic carbocycles. The molecule has 0 heterocycles. The maximum absolute atomic E-state index is 5.66. The maximum atomic E-state index is 5.66. The van der Waals surface area contributed by atoms with Crippen molar-refractivity contribution in [3.05, 3.63) is 0 Å². The van der Waals surface area contributed by atoms with Gasteiger partial charge < -0.3 is 5.73 Å². The van der Waals surface area contributed by atoms with Gasteiger partial charge in [-0.3, -0.25) is 0 Å². The Morgan fingerprint density at radius 3 is 2.33 bits per heavy atom. The molecule has 2 rings (SSSR count). The van der Waals surface area contributed by atoms with Gasteiger partial charge in [-0.15, -0.1) is 0 Å². The van der Waals surface area contributed by atoms with Crippen LogP contribution in [-0.4, -0.2) is 6.54 Å². The van der Waals surface area contributed by atoms with Crippen LogP contribution in [0.1, 0.15) is 26.2 Å². The standard InChI is InChI=1S/C8H15N/c1-8(5-9)6-3-2-4-7(6)8/h6-7H,2-5,9H2,1H3. The van der Waals surface area contributed by atoms with Crippen LogP contribution in [-0.2, 0) is 0 Å². The molecular weight excluding hydrogens is 110 g/mol. The molecule has 0 radical (unpaired) electrons. The van der Waals surface area contributed by atoms with Gasteiger partial charge in [-0.05, 0) is 36.6 Å². The average Bonchev–Trinajstić information content (AvgIpc) is 2.39. The number of rotatable bonds is 1. The van der Waals surface area contributed by atoms with Crippen LogP contribution in [0.25, 0.3) is 0 Å². The van der Waals surface area contributed by atoms with Crippen LogP contribution in [0.3, 0.4) is 0 Å². The molecule has 0 bridgehead atoms. The topological polar surface area (TPSA) is 26.0 Å². The van der Waals surface area contributed by atoms with Crippen LogP contribution in [0.15, 0.2) is 0 Å². The molecule has 2 saturated carbocycles. The molecule has 2 fully saturated rings. The first kappa shape index (κ1) is 5.72. The SMILES string of the molecule is CC1(CN)C2CCCC21. The lowest BCUT2D eigenvalue weighted by atomic mass is 9.99. The van der Waals surface area contributed by atoms with E-state index >= 15 is 0 Å². The van der Waals surface area contributed by atoms with Crippen molar-refractivity contribution in [2.24, 2.45) is 23.0 Å². The van der Waals surface area contributed by atoms with Crippen LogP contribution in [0.2, 0.25) is 0 Å². The zero-order valence-electron chi connectivity index (χ0n) is 6.06. The molecule has 1 nitrogen and oxygen atoms in total. The van der Waals surface area contributed by atoms with E-state index in [1.165, 1.54) is 19.3 Å². The smallest absolute Gasteiger partial charge is 0.00177 e. The minimum Gasteiger partial charge on any atom is -0.330 e. The largest absolute Gasteiger partial charge is 0.330 e. The molecule has 2 atom stereocenters. The molecule has 0 aromatic rings. The third kappa shape index (κ3) is 0.536. The second-order valence-electron chi connectivity index (χ2n) is 3.85. The van der Waals surface area contributed by atoms with Gasteiger partial charge in [0.1, 0.15) is 0 Å². The van der Waals surface area contributed by atoms with E-state index in [9.17, 15) is 0 Å². The third-order valence-corrected chi connectivity index (χ3v) is 3.54. The van der Waals surface area contributed by atoms with E-state index in [1.54, 1.807) is 0 Å². The van der Waals surface area contributed by atoms with Gasteiger partial charge in [0.2, 0.25) is 0 Å². The summed E-state index contributed by atoms with van der Waals surface area (Å²) in [6.07, 6.45) is 4.38. The average molecular weight is 125 g/mol. The summed E-state index contributed by atoms with van der Waals surface area (Å²) in [5, 5.41) is 0. The van der Waals surface area contributed by atoms with Crippen LogP contribution in [0.4, 0.5) is 0 Å². The first-order chi connectivity index (χ1) is 4.29. The van der Waals surface area contributed by atoms with Gasteiger partial charge in [0.15, 0.2) is 0 Å². The molecule has 0 saturated heterocycles. The lowest BCUT2D eigenvalue weighted by Gasteiger charge is -2.10. The highest BCUT2D eigenvalue weighted by molar-refractivity contribution is 5.11. The van der Waals surface area contributed by atoms with Crippen molar-refractivity contribution in [1.82, 2.24) is 0 Å². The van der Waals surface area contributed by atoms with Gasteiger partial charge in [-0.2, -0.15) is 0 Å². The highest BCUT2D eigenvalue weighted by Gasteiger charge is 2.61. The highest BCUT2D eigenvalue weighted by Crippen LogP contribution is 2.66. The predicted octanol–water partition coefficient (Wildman–Crippen LogP) is 1.38. The van der Waals surface area contributed by atoms with Gasteiger partial charge in [-0.1, -0.05) is 13.3 Å². The second kappa shape index (κ2) is 1.51. The van der Waals surface area contributed by atoms with E-state index in [0.29, 0.717) is 5.41 Å². The van der Waals surface area contributed by atoms with Crippen molar-refractivity contribution in [2.45, 2.75) is 26.2 Å². The van der Waals surface area contributed by atoms with Gasteiger partial charge in [0, 0.05) is 0 Å². The molecule has 0 amide bonds. The summed E-state index contributed by atoms with van der Waals surface area (Å²) in [7, 11) is 0. The summed E-state index contributed by atoms with van der Waals surface area (Å²) in [4.78, 5) is 0. The Morgan fingerprint density at radius 2 is 2.00 bits per heavy atom. The number of fused-ring (bicyclic) bond motifs is 1. The predicted molar refractivity (Wildman–Crippen MR) is 38.0 cm³/mol. The van der Waals surface area contributed by atoms with E-state index in [1.807, 2.05) is 0 Å². The summed E-state index contributed by atoms with van der Waals surface area (Å²) in [6, 6.07) is 0. The van der Waals surface area contributed by atoms with Crippen molar-refractivity contribution in [2.75, 3.05) is 6.54 Å². The fraction of sp³-hybridized carbons (Fsp3) is 1.00. The molecule has 2 unspecified atom stereocenters. The summed E-state index contributed by atoms with van der Waals surface area (Å²) >= 11 is 0. The van der Waals surface area contributed by atoms with Gasteiger partial charge in [0.25, 0.3) is 0 Å². The Bertz CT molecular complexity index is 121. The third-order valence-electron chi connectivity index (χ3n) is 3.54. The van der Waals surface area contributed by atoms with Crippen LogP contribution < -0.4 is 5.73 Å². The van der Waals surface area contributed by atoms with Crippen LogP contribution >= 0.6 is 0 Å². The number of nitrogens with two attached hydrogens (primary N) is 1.